The molecule has 2 aromatic carbocycles. The number of ether oxygens (including phenoxy) is 4. The molecule has 0 saturated heterocycles. The maximum atomic E-state index is 5.62. The van der Waals surface area contributed by atoms with Crippen LogP contribution in [-0.2, 0) is 0 Å². The zero-order chi connectivity index (χ0) is 20.2. The van der Waals surface area contributed by atoms with E-state index in [9.17, 15) is 0 Å². The monoisotopic (exact) mass is 393 g/mol. The van der Waals surface area contributed by atoms with E-state index in [4.69, 9.17) is 23.9 Å². The Kier molecular flexibility index (Phi) is 5.74. The summed E-state index contributed by atoms with van der Waals surface area (Å²) < 4.78 is 22.0. The summed E-state index contributed by atoms with van der Waals surface area (Å²) >= 11 is 0. The highest BCUT2D eigenvalue weighted by atomic mass is 16.7. The van der Waals surface area contributed by atoms with E-state index < -0.39 is 0 Å². The third kappa shape index (κ3) is 3.95. The lowest BCUT2D eigenvalue weighted by atomic mass is 9.85. The minimum atomic E-state index is 0.284. The van der Waals surface area contributed by atoms with Gasteiger partial charge >= 0.3 is 0 Å². The highest BCUT2D eigenvalue weighted by molar-refractivity contribution is 6.12. The number of methoxy groups -OCH3 is 2. The van der Waals surface area contributed by atoms with Crippen molar-refractivity contribution in [2.75, 3.05) is 27.6 Å². The van der Waals surface area contributed by atoms with Crippen LogP contribution in [0.1, 0.15) is 48.8 Å². The summed E-state index contributed by atoms with van der Waals surface area (Å²) in [4.78, 5) is 4.90. The molecule has 0 N–H and O–H groups in total. The lowest BCUT2D eigenvalue weighted by Crippen LogP contribution is -2.16. The molecule has 0 fully saturated rings. The van der Waals surface area contributed by atoms with Gasteiger partial charge in [0.05, 0.1) is 19.9 Å². The van der Waals surface area contributed by atoms with Gasteiger partial charge in [-0.05, 0) is 47.9 Å². The van der Waals surface area contributed by atoms with E-state index in [1.165, 1.54) is 18.4 Å². The number of hydrogen-bond donors (Lipinski definition) is 0. The van der Waals surface area contributed by atoms with Crippen LogP contribution in [0.4, 0.5) is 0 Å². The summed E-state index contributed by atoms with van der Waals surface area (Å²) in [6.07, 6.45) is 7.65. The second-order valence-electron chi connectivity index (χ2n) is 7.31. The molecular formula is C24H27NO4. The molecule has 0 radical (unpaired) electrons. The summed E-state index contributed by atoms with van der Waals surface area (Å²) in [5.41, 5.74) is 4.45. The number of allylic oxidation sites excluding steroid dienone is 1. The van der Waals surface area contributed by atoms with Gasteiger partial charge in [-0.25, -0.2) is 0 Å². The van der Waals surface area contributed by atoms with Gasteiger partial charge in [-0.15, -0.1) is 0 Å². The maximum absolute atomic E-state index is 5.62. The highest BCUT2D eigenvalue weighted by Gasteiger charge is 2.26. The Morgan fingerprint density at radius 3 is 2.59 bits per heavy atom. The van der Waals surface area contributed by atoms with E-state index in [-0.39, 0.29) is 6.79 Å². The van der Waals surface area contributed by atoms with Gasteiger partial charge in [0.2, 0.25) is 6.79 Å². The number of unbranched alkanes of at least 4 members (excludes halogenated alkanes) is 1. The van der Waals surface area contributed by atoms with Crippen LogP contribution in [0.3, 0.4) is 0 Å². The van der Waals surface area contributed by atoms with Crippen molar-refractivity contribution in [2.45, 2.75) is 32.1 Å². The summed E-state index contributed by atoms with van der Waals surface area (Å²) in [6, 6.07) is 10.1. The smallest absolute Gasteiger partial charge is 0.231 e. The van der Waals surface area contributed by atoms with E-state index in [0.29, 0.717) is 11.7 Å². The van der Waals surface area contributed by atoms with Crippen molar-refractivity contribution in [3.05, 3.63) is 53.1 Å². The number of hydrogen-bond acceptors (Lipinski definition) is 5. The summed E-state index contributed by atoms with van der Waals surface area (Å²) in [5, 5.41) is 0. The first-order chi connectivity index (χ1) is 14.2. The zero-order valence-electron chi connectivity index (χ0n) is 17.2. The molecule has 152 valence electrons. The number of benzene rings is 2. The van der Waals surface area contributed by atoms with Crippen molar-refractivity contribution in [3.8, 4) is 23.0 Å². The summed E-state index contributed by atoms with van der Waals surface area (Å²) in [5.74, 6) is 3.50. The number of nitrogens with zero attached hydrogens (tertiary/aromatic N) is 1. The molecule has 4 rings (SSSR count). The van der Waals surface area contributed by atoms with Crippen LogP contribution < -0.4 is 18.9 Å². The van der Waals surface area contributed by atoms with Gasteiger partial charge in [-0.3, -0.25) is 4.99 Å². The molecule has 2 heterocycles. The summed E-state index contributed by atoms with van der Waals surface area (Å²) in [7, 11) is 3.28. The van der Waals surface area contributed by atoms with Crippen molar-refractivity contribution in [1.82, 2.24) is 0 Å². The van der Waals surface area contributed by atoms with Gasteiger partial charge < -0.3 is 18.9 Å². The van der Waals surface area contributed by atoms with E-state index in [1.54, 1.807) is 14.2 Å². The van der Waals surface area contributed by atoms with Crippen LogP contribution in [0.2, 0.25) is 0 Å². The molecule has 0 saturated carbocycles. The largest absolute Gasteiger partial charge is 0.493 e. The van der Waals surface area contributed by atoms with Crippen LogP contribution in [0.25, 0.3) is 6.08 Å². The van der Waals surface area contributed by atoms with Crippen molar-refractivity contribution in [3.63, 3.8) is 0 Å². The fraction of sp³-hybridized carbons (Fsp3) is 0.375. The van der Waals surface area contributed by atoms with Crippen LogP contribution >= 0.6 is 0 Å². The number of fused-ring (bicyclic) bond motifs is 2. The molecular weight excluding hydrogens is 366 g/mol. The van der Waals surface area contributed by atoms with E-state index in [2.05, 4.69) is 31.2 Å². The van der Waals surface area contributed by atoms with Crippen molar-refractivity contribution < 1.29 is 18.9 Å². The van der Waals surface area contributed by atoms with Crippen LogP contribution in [0.15, 0.2) is 41.4 Å². The van der Waals surface area contributed by atoms with Gasteiger partial charge in [-0.2, -0.15) is 0 Å². The maximum Gasteiger partial charge on any atom is 0.231 e. The van der Waals surface area contributed by atoms with Crippen molar-refractivity contribution in [1.29, 1.82) is 0 Å². The minimum Gasteiger partial charge on any atom is -0.493 e. The van der Waals surface area contributed by atoms with Crippen molar-refractivity contribution >= 4 is 11.8 Å². The Labute approximate surface area is 172 Å². The van der Waals surface area contributed by atoms with Crippen LogP contribution in [0.5, 0.6) is 23.0 Å². The average Bonchev–Trinajstić information content (AvgIpc) is 3.22. The number of aliphatic imine (C=N–C) groups is 1. The first kappa shape index (κ1) is 19.4. The lowest BCUT2D eigenvalue weighted by molar-refractivity contribution is 0.174. The first-order valence-corrected chi connectivity index (χ1v) is 10.1. The topological polar surface area (TPSA) is 49.3 Å². The SMILES string of the molecule is CCCCC1CN=C(C=Cc2ccc(OC)c(OC)c2)c2cc3c(cc21)OCO3. The Bertz CT molecular complexity index is 948. The molecule has 1 unspecified atom stereocenters. The minimum absolute atomic E-state index is 0.284. The lowest BCUT2D eigenvalue weighted by Gasteiger charge is -2.24. The fourth-order valence-corrected chi connectivity index (χ4v) is 3.88. The van der Waals surface area contributed by atoms with Crippen LogP contribution in [0, 0.1) is 0 Å². The molecule has 0 spiro atoms. The fourth-order valence-electron chi connectivity index (χ4n) is 3.88. The summed E-state index contributed by atoms with van der Waals surface area (Å²) in [6.45, 7) is 3.31. The predicted molar refractivity (Wildman–Crippen MR) is 115 cm³/mol. The molecule has 2 aromatic rings. The quantitative estimate of drug-likeness (QED) is 0.647. The Balaban J connectivity index is 1.65. The van der Waals surface area contributed by atoms with Gasteiger partial charge in [0, 0.05) is 18.0 Å². The molecule has 2 aliphatic rings. The predicted octanol–water partition coefficient (Wildman–Crippen LogP) is 5.22. The van der Waals surface area contributed by atoms with Gasteiger partial charge in [0.25, 0.3) is 0 Å². The standard InChI is InChI=1S/C24H27NO4/c1-4-5-6-17-14-25-20(19-13-24-23(12-18(17)19)28-15-29-24)9-7-16-8-10-21(26-2)22(11-16)27-3/h7-13,17H,4-6,14-15H2,1-3H3. The average molecular weight is 393 g/mol. The molecule has 0 bridgehead atoms. The Morgan fingerprint density at radius 1 is 1.03 bits per heavy atom. The van der Waals surface area contributed by atoms with Gasteiger partial charge in [0.15, 0.2) is 23.0 Å². The molecule has 29 heavy (non-hydrogen) atoms. The van der Waals surface area contributed by atoms with Gasteiger partial charge in [-0.1, -0.05) is 31.9 Å². The number of rotatable bonds is 7. The molecule has 5 heteroatoms. The third-order valence-electron chi connectivity index (χ3n) is 5.49. The normalized spacial score (nSPS) is 17.2. The second-order valence-corrected chi connectivity index (χ2v) is 7.31. The molecule has 0 amide bonds. The molecule has 2 aliphatic heterocycles. The molecule has 5 nitrogen and oxygen atoms in total. The van der Waals surface area contributed by atoms with E-state index in [0.717, 1.165) is 47.1 Å². The Morgan fingerprint density at radius 2 is 1.83 bits per heavy atom. The Hall–Kier alpha value is -2.95. The van der Waals surface area contributed by atoms with E-state index in [1.807, 2.05) is 18.2 Å². The van der Waals surface area contributed by atoms with Crippen LogP contribution in [-0.4, -0.2) is 33.3 Å². The molecule has 0 aliphatic carbocycles. The van der Waals surface area contributed by atoms with E-state index >= 15 is 0 Å². The van der Waals surface area contributed by atoms with Gasteiger partial charge in [0.1, 0.15) is 0 Å². The van der Waals surface area contributed by atoms with Crippen molar-refractivity contribution in [2.24, 2.45) is 4.99 Å². The first-order valence-electron chi connectivity index (χ1n) is 10.1. The molecule has 1 atom stereocenters. The third-order valence-corrected chi connectivity index (χ3v) is 5.49. The second kappa shape index (κ2) is 8.60. The molecule has 0 aromatic heterocycles. The highest BCUT2D eigenvalue weighted by Crippen LogP contribution is 2.40. The zero-order valence-corrected chi connectivity index (χ0v) is 17.2.